The molecule has 2 aromatic rings. The lowest BCUT2D eigenvalue weighted by molar-refractivity contribution is -0.135. The Kier molecular flexibility index (Phi) is 9.16. The van der Waals surface area contributed by atoms with Crippen LogP contribution in [0.15, 0.2) is 23.0 Å². The van der Waals surface area contributed by atoms with Crippen molar-refractivity contribution in [3.63, 3.8) is 0 Å². The zero-order chi connectivity index (χ0) is 27.2. The molecule has 1 aliphatic heterocycles. The summed E-state index contributed by atoms with van der Waals surface area (Å²) < 4.78 is 13.9. The van der Waals surface area contributed by atoms with Gasteiger partial charge in [0.05, 0.1) is 17.6 Å². The van der Waals surface area contributed by atoms with Crippen LogP contribution in [-0.2, 0) is 26.1 Å². The first-order valence-electron chi connectivity index (χ1n) is 12.5. The molecule has 0 aliphatic carbocycles. The van der Waals surface area contributed by atoms with Crippen molar-refractivity contribution in [3.8, 4) is 11.8 Å². The van der Waals surface area contributed by atoms with E-state index in [4.69, 9.17) is 9.47 Å². The number of imidazole rings is 1. The third-order valence-electron chi connectivity index (χ3n) is 5.95. The highest BCUT2D eigenvalue weighted by Gasteiger charge is 2.31. The maximum absolute atomic E-state index is 12.8. The molecule has 1 N–H and O–H groups in total. The number of carbonyl (C=O) groups is 3. The van der Waals surface area contributed by atoms with E-state index < -0.39 is 17.6 Å². The molecule has 2 heterocycles. The molecule has 1 unspecified atom stereocenters. The molecule has 200 valence electrons. The summed E-state index contributed by atoms with van der Waals surface area (Å²) >= 11 is 0. The smallest absolute Gasteiger partial charge is 0.410 e. The van der Waals surface area contributed by atoms with Crippen molar-refractivity contribution >= 4 is 28.9 Å². The fourth-order valence-electron chi connectivity index (χ4n) is 4.04. The first kappa shape index (κ1) is 28.0. The predicted octanol–water partition coefficient (Wildman–Crippen LogP) is 2.72. The number of benzene rings is 1. The number of fused-ring (bicyclic) bond motifs is 1. The van der Waals surface area contributed by atoms with Gasteiger partial charge in [0.2, 0.25) is 11.8 Å². The third kappa shape index (κ3) is 7.46. The minimum atomic E-state index is -0.708. The number of hydrogen-bond acceptors (Lipinski definition) is 6. The second-order valence-electron chi connectivity index (χ2n) is 10.2. The van der Waals surface area contributed by atoms with E-state index >= 15 is 0 Å². The van der Waals surface area contributed by atoms with Gasteiger partial charge in [-0.1, -0.05) is 11.8 Å². The lowest BCUT2D eigenvalue weighted by atomic mass is 10.1. The Morgan fingerprint density at radius 2 is 1.92 bits per heavy atom. The maximum Gasteiger partial charge on any atom is 0.410 e. The summed E-state index contributed by atoms with van der Waals surface area (Å²) in [7, 11) is 3.38. The van der Waals surface area contributed by atoms with Gasteiger partial charge in [-0.2, -0.15) is 0 Å². The minimum absolute atomic E-state index is 0.202. The van der Waals surface area contributed by atoms with Crippen LogP contribution in [0.3, 0.4) is 0 Å². The molecule has 0 spiro atoms. The van der Waals surface area contributed by atoms with E-state index in [1.807, 2.05) is 32.9 Å². The normalized spacial score (nSPS) is 15.8. The Labute approximate surface area is 216 Å². The molecule has 3 amide bonds. The molecule has 1 saturated heterocycles. The van der Waals surface area contributed by atoms with Crippen molar-refractivity contribution in [2.75, 3.05) is 26.8 Å². The van der Waals surface area contributed by atoms with E-state index in [0.29, 0.717) is 43.6 Å². The number of aryl methyl sites for hydroxylation is 1. The van der Waals surface area contributed by atoms with Gasteiger partial charge in [-0.25, -0.2) is 9.59 Å². The van der Waals surface area contributed by atoms with E-state index in [0.717, 1.165) is 18.4 Å². The Morgan fingerprint density at radius 1 is 1.16 bits per heavy atom. The number of unbranched alkanes of at least 4 members (excludes halogenated alkanes) is 1. The van der Waals surface area contributed by atoms with E-state index in [1.54, 1.807) is 25.1 Å². The summed E-state index contributed by atoms with van der Waals surface area (Å²) in [5.41, 5.74) is 1.26. The highest BCUT2D eigenvalue weighted by Crippen LogP contribution is 2.23. The molecular formula is C27H36N4O6. The van der Waals surface area contributed by atoms with E-state index in [-0.39, 0.29) is 24.1 Å². The summed E-state index contributed by atoms with van der Waals surface area (Å²) in [6.45, 7) is 7.23. The molecular weight excluding hydrogens is 476 g/mol. The molecule has 10 heteroatoms. The van der Waals surface area contributed by atoms with E-state index in [2.05, 4.69) is 17.2 Å². The van der Waals surface area contributed by atoms with Gasteiger partial charge in [0.25, 0.3) is 0 Å². The van der Waals surface area contributed by atoms with Crippen LogP contribution in [0.4, 0.5) is 4.79 Å². The van der Waals surface area contributed by atoms with Crippen molar-refractivity contribution in [2.24, 2.45) is 7.05 Å². The van der Waals surface area contributed by atoms with Gasteiger partial charge in [-0.3, -0.25) is 24.0 Å². The molecule has 10 nitrogen and oxygen atoms in total. The number of piperidine rings is 1. The molecule has 0 radical (unpaired) electrons. The second kappa shape index (κ2) is 12.1. The molecule has 1 fully saturated rings. The lowest BCUT2D eigenvalue weighted by Gasteiger charge is -2.24. The van der Waals surface area contributed by atoms with Gasteiger partial charge in [0, 0.05) is 45.7 Å². The van der Waals surface area contributed by atoms with Crippen LogP contribution in [0.25, 0.3) is 11.0 Å². The zero-order valence-electron chi connectivity index (χ0n) is 22.3. The standard InChI is InChI=1S/C27H36N4O6/c1-27(2,3)37-26(35)29(4)15-7-9-17-36-16-8-6-10-19-11-12-20-22(18-19)30(5)25(34)31(20)21-13-14-23(32)28-24(21)33/h11-12,18,21H,7-9,13-17H2,1-5H3,(H,28,32,33). The topological polar surface area (TPSA) is 112 Å². The lowest BCUT2D eigenvalue weighted by Crippen LogP contribution is -2.44. The van der Waals surface area contributed by atoms with Crippen LogP contribution in [0.2, 0.25) is 0 Å². The molecule has 3 rings (SSSR count). The van der Waals surface area contributed by atoms with E-state index in [1.165, 1.54) is 9.13 Å². The fraction of sp³-hybridized carbons (Fsp3) is 0.556. The quantitative estimate of drug-likeness (QED) is 0.331. The van der Waals surface area contributed by atoms with Crippen LogP contribution in [0.1, 0.15) is 64.5 Å². The summed E-state index contributed by atoms with van der Waals surface area (Å²) in [5, 5.41) is 2.31. The van der Waals surface area contributed by atoms with Crippen molar-refractivity contribution < 1.29 is 23.9 Å². The third-order valence-corrected chi connectivity index (χ3v) is 5.95. The van der Waals surface area contributed by atoms with Crippen molar-refractivity contribution in [1.29, 1.82) is 0 Å². The van der Waals surface area contributed by atoms with Crippen molar-refractivity contribution in [1.82, 2.24) is 19.4 Å². The molecule has 1 aromatic heterocycles. The molecule has 1 atom stereocenters. The van der Waals surface area contributed by atoms with Crippen LogP contribution < -0.4 is 11.0 Å². The fourth-order valence-corrected chi connectivity index (χ4v) is 4.04. The maximum atomic E-state index is 12.8. The second-order valence-corrected chi connectivity index (χ2v) is 10.2. The number of nitrogens with zero attached hydrogens (tertiary/aromatic N) is 3. The zero-order valence-corrected chi connectivity index (χ0v) is 22.3. The SMILES string of the molecule is CN(CCCCOCCC#Cc1ccc2c(c1)n(C)c(=O)n2C1CCC(=O)NC1=O)C(=O)OC(C)(C)C. The van der Waals surface area contributed by atoms with Gasteiger partial charge in [-0.05, 0) is 58.2 Å². The summed E-state index contributed by atoms with van der Waals surface area (Å²) in [4.78, 5) is 50.1. The average Bonchev–Trinajstić information content (AvgIpc) is 3.06. The first-order chi connectivity index (χ1) is 17.5. The Hall–Kier alpha value is -3.58. The molecule has 0 saturated carbocycles. The van der Waals surface area contributed by atoms with Gasteiger partial charge < -0.3 is 14.4 Å². The highest BCUT2D eigenvalue weighted by molar-refractivity contribution is 6.00. The van der Waals surface area contributed by atoms with Crippen LogP contribution in [0, 0.1) is 11.8 Å². The Balaban J connectivity index is 1.46. The monoisotopic (exact) mass is 512 g/mol. The number of rotatable bonds is 8. The predicted molar refractivity (Wildman–Crippen MR) is 139 cm³/mol. The number of aromatic nitrogens is 2. The molecule has 37 heavy (non-hydrogen) atoms. The number of imide groups is 1. The van der Waals surface area contributed by atoms with Crippen LogP contribution in [-0.4, -0.2) is 64.3 Å². The number of hydrogen-bond donors (Lipinski definition) is 1. The van der Waals surface area contributed by atoms with E-state index in [9.17, 15) is 19.2 Å². The number of carbonyl (C=O) groups excluding carboxylic acids is 3. The van der Waals surface area contributed by atoms with Crippen LogP contribution in [0.5, 0.6) is 0 Å². The first-order valence-corrected chi connectivity index (χ1v) is 12.5. The summed E-state index contributed by atoms with van der Waals surface area (Å²) in [6, 6.07) is 4.73. The molecule has 1 aromatic carbocycles. The van der Waals surface area contributed by atoms with Gasteiger partial charge in [0.15, 0.2) is 0 Å². The Bertz CT molecular complexity index is 1270. The Morgan fingerprint density at radius 3 is 2.62 bits per heavy atom. The highest BCUT2D eigenvalue weighted by atomic mass is 16.6. The number of amides is 3. The largest absolute Gasteiger partial charge is 0.444 e. The van der Waals surface area contributed by atoms with Crippen molar-refractivity contribution in [2.45, 2.75) is 64.5 Å². The number of ether oxygens (including phenoxy) is 2. The van der Waals surface area contributed by atoms with Gasteiger partial charge in [0.1, 0.15) is 11.6 Å². The average molecular weight is 513 g/mol. The van der Waals surface area contributed by atoms with Crippen LogP contribution >= 0.6 is 0 Å². The molecule has 1 aliphatic rings. The number of nitrogens with one attached hydrogen (secondary N) is 1. The summed E-state index contributed by atoms with van der Waals surface area (Å²) in [5.74, 6) is 5.41. The summed E-state index contributed by atoms with van der Waals surface area (Å²) in [6.07, 6.45) is 2.38. The van der Waals surface area contributed by atoms with Gasteiger partial charge in [-0.15, -0.1) is 0 Å². The van der Waals surface area contributed by atoms with Gasteiger partial charge >= 0.3 is 11.8 Å². The minimum Gasteiger partial charge on any atom is -0.444 e. The molecule has 0 bridgehead atoms. The van der Waals surface area contributed by atoms with Crippen molar-refractivity contribution in [3.05, 3.63) is 34.2 Å².